The first kappa shape index (κ1) is 23.1. The molecule has 2 aromatic rings. The van der Waals surface area contributed by atoms with Gasteiger partial charge in [-0.15, -0.1) is 0 Å². The molecule has 1 fully saturated rings. The molecule has 2 heterocycles. The molecule has 1 saturated heterocycles. The van der Waals surface area contributed by atoms with Gasteiger partial charge in [-0.2, -0.15) is 0 Å². The molecule has 0 aliphatic carbocycles. The van der Waals surface area contributed by atoms with Crippen molar-refractivity contribution in [2.24, 2.45) is 5.92 Å². The zero-order chi connectivity index (χ0) is 22.9. The van der Waals surface area contributed by atoms with Gasteiger partial charge in [-0.25, -0.2) is 8.42 Å². The molecule has 32 heavy (non-hydrogen) atoms. The summed E-state index contributed by atoms with van der Waals surface area (Å²) in [5.74, 6) is 0.951. The van der Waals surface area contributed by atoms with Crippen LogP contribution in [0.3, 0.4) is 0 Å². The number of benzene rings is 2. The van der Waals surface area contributed by atoms with Gasteiger partial charge in [0.1, 0.15) is 5.75 Å². The highest BCUT2D eigenvalue weighted by Gasteiger charge is 2.35. The number of anilines is 1. The molecule has 1 unspecified atom stereocenters. The summed E-state index contributed by atoms with van der Waals surface area (Å²) in [5.41, 5.74) is 4.52. The Morgan fingerprint density at radius 1 is 1.12 bits per heavy atom. The second-order valence-corrected chi connectivity index (χ2v) is 10.9. The molecule has 7 heteroatoms. The second kappa shape index (κ2) is 9.41. The van der Waals surface area contributed by atoms with E-state index < -0.39 is 10.0 Å². The quantitative estimate of drug-likeness (QED) is 0.703. The van der Waals surface area contributed by atoms with Crippen LogP contribution in [0.2, 0.25) is 0 Å². The van der Waals surface area contributed by atoms with Crippen molar-refractivity contribution in [2.45, 2.75) is 64.0 Å². The van der Waals surface area contributed by atoms with E-state index in [0.717, 1.165) is 61.3 Å². The molecule has 174 valence electrons. The average Bonchev–Trinajstić information content (AvgIpc) is 2.77. The minimum atomic E-state index is -3.79. The summed E-state index contributed by atoms with van der Waals surface area (Å²) in [6.07, 6.45) is 3.54. The van der Waals surface area contributed by atoms with E-state index in [-0.39, 0.29) is 17.5 Å². The Bertz CT molecular complexity index is 1080. The van der Waals surface area contributed by atoms with Gasteiger partial charge >= 0.3 is 0 Å². The number of hydrogen-bond acceptors (Lipinski definition) is 5. The molecule has 6 nitrogen and oxygen atoms in total. The summed E-state index contributed by atoms with van der Waals surface area (Å²) in [4.78, 5) is 0.179. The average molecular weight is 460 g/mol. The zero-order valence-corrected chi connectivity index (χ0v) is 20.0. The molecule has 2 aliphatic rings. The van der Waals surface area contributed by atoms with Crippen LogP contribution in [-0.4, -0.2) is 39.4 Å². The predicted octanol–water partition coefficient (Wildman–Crippen LogP) is 4.13. The third kappa shape index (κ3) is 4.51. The first-order valence-corrected chi connectivity index (χ1v) is 12.8. The van der Waals surface area contributed by atoms with Crippen molar-refractivity contribution < 1.29 is 23.0 Å². The van der Waals surface area contributed by atoms with E-state index in [0.29, 0.717) is 23.8 Å². The van der Waals surface area contributed by atoms with Gasteiger partial charge < -0.3 is 14.6 Å². The highest BCUT2D eigenvalue weighted by atomic mass is 32.2. The maximum absolute atomic E-state index is 13.8. The summed E-state index contributed by atoms with van der Waals surface area (Å²) in [7, 11) is -3.79. The summed E-state index contributed by atoms with van der Waals surface area (Å²) in [6.45, 7) is 7.73. The monoisotopic (exact) mass is 459 g/mol. The zero-order valence-electron chi connectivity index (χ0n) is 19.1. The van der Waals surface area contributed by atoms with E-state index in [1.807, 2.05) is 26.8 Å². The molecule has 4 rings (SSSR count). The number of hydrogen-bond donors (Lipinski definition) is 1. The lowest BCUT2D eigenvalue weighted by molar-refractivity contribution is 0.0494. The maximum atomic E-state index is 13.8. The second-order valence-electron chi connectivity index (χ2n) is 9.06. The number of aliphatic hydroxyl groups is 1. The van der Waals surface area contributed by atoms with Crippen molar-refractivity contribution in [3.8, 4) is 5.75 Å². The first-order valence-electron chi connectivity index (χ1n) is 11.4. The van der Waals surface area contributed by atoms with E-state index in [1.54, 1.807) is 22.5 Å². The lowest BCUT2D eigenvalue weighted by Crippen LogP contribution is -2.42. The molecule has 0 radical (unpaired) electrons. The third-order valence-corrected chi connectivity index (χ3v) is 8.54. The minimum Gasteiger partial charge on any atom is -0.493 e. The van der Waals surface area contributed by atoms with Crippen LogP contribution in [0, 0.1) is 19.8 Å². The number of aliphatic hydroxyl groups excluding tert-OH is 1. The predicted molar refractivity (Wildman–Crippen MR) is 125 cm³/mol. The van der Waals surface area contributed by atoms with Crippen molar-refractivity contribution in [1.82, 2.24) is 0 Å². The molecule has 0 bridgehead atoms. The van der Waals surface area contributed by atoms with Crippen LogP contribution < -0.4 is 9.04 Å². The minimum absolute atomic E-state index is 0.143. The van der Waals surface area contributed by atoms with E-state index in [4.69, 9.17) is 9.47 Å². The lowest BCUT2D eigenvalue weighted by Gasteiger charge is -2.37. The van der Waals surface area contributed by atoms with Crippen LogP contribution in [0.25, 0.3) is 0 Å². The third-order valence-electron chi connectivity index (χ3n) is 6.62. The van der Waals surface area contributed by atoms with Crippen molar-refractivity contribution >= 4 is 15.7 Å². The molecule has 1 atom stereocenters. The Morgan fingerprint density at radius 3 is 2.59 bits per heavy atom. The van der Waals surface area contributed by atoms with Gasteiger partial charge in [-0.05, 0) is 93.3 Å². The number of ether oxygens (including phenoxy) is 2. The fourth-order valence-corrected chi connectivity index (χ4v) is 6.55. The Hall–Kier alpha value is -2.09. The van der Waals surface area contributed by atoms with Crippen LogP contribution >= 0.6 is 0 Å². The van der Waals surface area contributed by atoms with Gasteiger partial charge in [0, 0.05) is 24.8 Å². The highest BCUT2D eigenvalue weighted by Crippen LogP contribution is 2.38. The molecule has 0 aromatic heterocycles. The van der Waals surface area contributed by atoms with E-state index in [9.17, 15) is 13.5 Å². The van der Waals surface area contributed by atoms with Crippen molar-refractivity contribution in [1.29, 1.82) is 0 Å². The summed E-state index contributed by atoms with van der Waals surface area (Å²) < 4.78 is 40.4. The number of sulfonamides is 1. The largest absolute Gasteiger partial charge is 0.493 e. The summed E-state index contributed by atoms with van der Waals surface area (Å²) in [6, 6.07) is 8.75. The molecule has 0 spiro atoms. The molecule has 0 amide bonds. The van der Waals surface area contributed by atoms with Crippen LogP contribution in [0.4, 0.5) is 5.69 Å². The Morgan fingerprint density at radius 2 is 1.88 bits per heavy atom. The van der Waals surface area contributed by atoms with Gasteiger partial charge in [0.25, 0.3) is 10.0 Å². The van der Waals surface area contributed by atoms with Crippen LogP contribution in [-0.2, 0) is 27.8 Å². The Labute approximate surface area is 191 Å². The first-order chi connectivity index (χ1) is 15.3. The summed E-state index contributed by atoms with van der Waals surface area (Å²) >= 11 is 0. The van der Waals surface area contributed by atoms with Crippen LogP contribution in [0.5, 0.6) is 5.75 Å². The molecular formula is C25H33NO5S. The molecule has 1 N–H and O–H groups in total. The van der Waals surface area contributed by atoms with E-state index in [1.165, 1.54) is 0 Å². The highest BCUT2D eigenvalue weighted by molar-refractivity contribution is 7.92. The number of nitrogens with zero attached hydrogens (tertiary/aromatic N) is 1. The maximum Gasteiger partial charge on any atom is 0.264 e. The SMILES string of the molecule is Cc1cc(C)c2c(c1)N(S(=O)(=O)c1ccc(OCC3CCOCC3)c(CO)c1)C(C)CC2. The topological polar surface area (TPSA) is 76.1 Å². The Balaban J connectivity index is 1.64. The van der Waals surface area contributed by atoms with Gasteiger partial charge in [0.15, 0.2) is 0 Å². The van der Waals surface area contributed by atoms with Crippen molar-refractivity contribution in [3.05, 3.63) is 52.6 Å². The van der Waals surface area contributed by atoms with Crippen molar-refractivity contribution in [3.63, 3.8) is 0 Å². The number of rotatable bonds is 6. The van der Waals surface area contributed by atoms with Crippen LogP contribution in [0.1, 0.15) is 48.4 Å². The Kier molecular flexibility index (Phi) is 6.79. The fourth-order valence-electron chi connectivity index (χ4n) is 4.79. The number of aryl methyl sites for hydroxylation is 2. The fraction of sp³-hybridized carbons (Fsp3) is 0.520. The lowest BCUT2D eigenvalue weighted by atomic mass is 9.93. The summed E-state index contributed by atoms with van der Waals surface area (Å²) in [5, 5.41) is 9.93. The van der Waals surface area contributed by atoms with E-state index >= 15 is 0 Å². The standard InChI is InChI=1S/C25H33NO5S/c1-17-12-18(2)23-6-4-19(3)26(24(23)13-17)32(28,29)22-5-7-25(21(14-22)15-27)31-16-20-8-10-30-11-9-20/h5,7,12-14,19-20,27H,4,6,8-11,15-16H2,1-3H3. The molecule has 2 aromatic carbocycles. The smallest absolute Gasteiger partial charge is 0.264 e. The normalized spacial score (nSPS) is 19.6. The molecular weight excluding hydrogens is 426 g/mol. The molecule has 2 aliphatic heterocycles. The number of fused-ring (bicyclic) bond motifs is 1. The van der Waals surface area contributed by atoms with Crippen LogP contribution in [0.15, 0.2) is 35.2 Å². The van der Waals surface area contributed by atoms with Gasteiger partial charge in [-0.1, -0.05) is 6.07 Å². The molecule has 0 saturated carbocycles. The van der Waals surface area contributed by atoms with Gasteiger partial charge in [-0.3, -0.25) is 4.31 Å². The van der Waals surface area contributed by atoms with Gasteiger partial charge in [0.2, 0.25) is 0 Å². The van der Waals surface area contributed by atoms with E-state index in [2.05, 4.69) is 6.07 Å². The van der Waals surface area contributed by atoms with Crippen molar-refractivity contribution in [2.75, 3.05) is 24.1 Å². The van der Waals surface area contributed by atoms with Gasteiger partial charge in [0.05, 0.1) is 23.8 Å².